The average Bonchev–Trinajstić information content (AvgIpc) is 2.69. The van der Waals surface area contributed by atoms with E-state index in [2.05, 4.69) is 5.32 Å². The first-order valence-electron chi connectivity index (χ1n) is 9.57. The van der Waals surface area contributed by atoms with Crippen LogP contribution in [0.1, 0.15) is 49.7 Å². The molecule has 0 saturated heterocycles. The number of amides is 1. The number of nitrogens with one attached hydrogen (secondary N) is 1. The molecular formula is C21H27FN2O4S. The average molecular weight is 423 g/mol. The van der Waals surface area contributed by atoms with Crippen molar-refractivity contribution in [1.82, 2.24) is 9.62 Å². The van der Waals surface area contributed by atoms with Crippen molar-refractivity contribution in [2.24, 2.45) is 0 Å². The van der Waals surface area contributed by atoms with Crippen molar-refractivity contribution < 1.29 is 22.3 Å². The van der Waals surface area contributed by atoms with Crippen LogP contribution < -0.4 is 10.1 Å². The zero-order valence-electron chi connectivity index (χ0n) is 17.1. The zero-order chi connectivity index (χ0) is 21.6. The smallest absolute Gasteiger partial charge is 0.254 e. The number of sulfonamides is 1. The molecule has 0 saturated carbocycles. The van der Waals surface area contributed by atoms with Gasteiger partial charge in [0.05, 0.1) is 23.1 Å². The summed E-state index contributed by atoms with van der Waals surface area (Å²) in [7, 11) is -3.80. The fourth-order valence-corrected chi connectivity index (χ4v) is 4.43. The van der Waals surface area contributed by atoms with Crippen LogP contribution in [0.4, 0.5) is 4.39 Å². The third-order valence-electron chi connectivity index (χ3n) is 4.54. The Labute approximate surface area is 171 Å². The van der Waals surface area contributed by atoms with Crippen LogP contribution in [0, 0.1) is 5.82 Å². The summed E-state index contributed by atoms with van der Waals surface area (Å²) in [5.41, 5.74) is 0.475. The Morgan fingerprint density at radius 3 is 2.45 bits per heavy atom. The van der Waals surface area contributed by atoms with E-state index in [9.17, 15) is 17.6 Å². The number of ether oxygens (including phenoxy) is 1. The van der Waals surface area contributed by atoms with E-state index in [0.717, 1.165) is 17.7 Å². The minimum absolute atomic E-state index is 0.112. The predicted octanol–water partition coefficient (Wildman–Crippen LogP) is 3.75. The molecule has 158 valence electrons. The Morgan fingerprint density at radius 2 is 1.83 bits per heavy atom. The molecule has 0 bridgehead atoms. The lowest BCUT2D eigenvalue weighted by Crippen LogP contribution is -2.31. The molecule has 1 atom stereocenters. The summed E-state index contributed by atoms with van der Waals surface area (Å²) in [5.74, 6) is -0.797. The van der Waals surface area contributed by atoms with Gasteiger partial charge in [0.15, 0.2) is 0 Å². The van der Waals surface area contributed by atoms with E-state index in [4.69, 9.17) is 4.74 Å². The topological polar surface area (TPSA) is 75.7 Å². The Bertz CT molecular complexity index is 959. The quantitative estimate of drug-likeness (QED) is 0.668. The highest BCUT2D eigenvalue weighted by Gasteiger charge is 2.24. The van der Waals surface area contributed by atoms with Gasteiger partial charge in [0, 0.05) is 13.1 Å². The van der Waals surface area contributed by atoms with Gasteiger partial charge in [0.25, 0.3) is 5.91 Å². The normalized spacial score (nSPS) is 12.6. The molecule has 0 heterocycles. The molecule has 0 aliphatic carbocycles. The van der Waals surface area contributed by atoms with Gasteiger partial charge in [-0.3, -0.25) is 4.79 Å². The highest BCUT2D eigenvalue weighted by Crippen LogP contribution is 2.22. The molecule has 0 fully saturated rings. The van der Waals surface area contributed by atoms with Crippen LogP contribution in [0.15, 0.2) is 47.4 Å². The van der Waals surface area contributed by atoms with Gasteiger partial charge in [0.1, 0.15) is 11.6 Å². The van der Waals surface area contributed by atoms with Crippen molar-refractivity contribution in [3.05, 3.63) is 59.4 Å². The first kappa shape index (κ1) is 22.8. The van der Waals surface area contributed by atoms with Crippen molar-refractivity contribution in [2.75, 3.05) is 19.7 Å². The third-order valence-corrected chi connectivity index (χ3v) is 6.59. The molecule has 8 heteroatoms. The number of nitrogens with zero attached hydrogens (tertiary/aromatic N) is 1. The molecular weight excluding hydrogens is 395 g/mol. The summed E-state index contributed by atoms with van der Waals surface area (Å²) < 4.78 is 46.4. The Hall–Kier alpha value is -2.45. The van der Waals surface area contributed by atoms with Crippen LogP contribution in [0.2, 0.25) is 0 Å². The maximum Gasteiger partial charge on any atom is 0.254 e. The molecule has 1 unspecified atom stereocenters. The highest BCUT2D eigenvalue weighted by molar-refractivity contribution is 7.89. The van der Waals surface area contributed by atoms with Gasteiger partial charge in [-0.05, 0) is 49.7 Å². The number of rotatable bonds is 9. The molecule has 1 N–H and O–H groups in total. The van der Waals surface area contributed by atoms with Crippen molar-refractivity contribution >= 4 is 15.9 Å². The molecule has 1 amide bonds. The first-order valence-corrected chi connectivity index (χ1v) is 11.0. The number of halogens is 1. The molecule has 0 aliphatic rings. The second-order valence-corrected chi connectivity index (χ2v) is 8.37. The summed E-state index contributed by atoms with van der Waals surface area (Å²) in [6.07, 6.45) is 0. The van der Waals surface area contributed by atoms with E-state index in [1.807, 2.05) is 19.1 Å². The predicted molar refractivity (Wildman–Crippen MR) is 110 cm³/mol. The van der Waals surface area contributed by atoms with E-state index < -0.39 is 27.8 Å². The lowest BCUT2D eigenvalue weighted by atomic mass is 10.1. The zero-order valence-corrected chi connectivity index (χ0v) is 17.9. The van der Waals surface area contributed by atoms with Crippen molar-refractivity contribution in [3.8, 4) is 5.75 Å². The fourth-order valence-electron chi connectivity index (χ4n) is 2.95. The second-order valence-electron chi connectivity index (χ2n) is 6.43. The largest absolute Gasteiger partial charge is 0.494 e. The minimum atomic E-state index is -3.80. The molecule has 2 rings (SSSR count). The lowest BCUT2D eigenvalue weighted by Gasteiger charge is -2.19. The molecule has 0 radical (unpaired) electrons. The Morgan fingerprint density at radius 1 is 1.14 bits per heavy atom. The number of hydrogen-bond donors (Lipinski definition) is 1. The van der Waals surface area contributed by atoms with Gasteiger partial charge < -0.3 is 10.1 Å². The van der Waals surface area contributed by atoms with Crippen LogP contribution in [0.5, 0.6) is 5.75 Å². The molecule has 0 aromatic heterocycles. The molecule has 2 aromatic carbocycles. The minimum Gasteiger partial charge on any atom is -0.494 e. The lowest BCUT2D eigenvalue weighted by molar-refractivity contribution is 0.0935. The van der Waals surface area contributed by atoms with Gasteiger partial charge in [-0.1, -0.05) is 26.0 Å². The van der Waals surface area contributed by atoms with Crippen LogP contribution in [-0.4, -0.2) is 38.3 Å². The maximum atomic E-state index is 14.3. The van der Waals surface area contributed by atoms with E-state index >= 15 is 0 Å². The van der Waals surface area contributed by atoms with Crippen molar-refractivity contribution in [2.45, 2.75) is 38.6 Å². The van der Waals surface area contributed by atoms with Crippen LogP contribution >= 0.6 is 0 Å². The molecule has 0 aliphatic heterocycles. The van der Waals surface area contributed by atoms with Gasteiger partial charge in [-0.25, -0.2) is 12.8 Å². The van der Waals surface area contributed by atoms with Gasteiger partial charge in [-0.15, -0.1) is 0 Å². The fraction of sp³-hybridized carbons (Fsp3) is 0.381. The molecule has 29 heavy (non-hydrogen) atoms. The summed E-state index contributed by atoms with van der Waals surface area (Å²) in [6, 6.07) is 10.1. The van der Waals surface area contributed by atoms with Gasteiger partial charge in [0.2, 0.25) is 10.0 Å². The summed E-state index contributed by atoms with van der Waals surface area (Å²) in [5, 5.41) is 2.72. The molecule has 6 nitrogen and oxygen atoms in total. The molecule has 0 spiro atoms. The number of carbonyl (C=O) groups is 1. The van der Waals surface area contributed by atoms with E-state index in [1.165, 1.54) is 10.4 Å². The van der Waals surface area contributed by atoms with Crippen molar-refractivity contribution in [3.63, 3.8) is 0 Å². The third kappa shape index (κ3) is 5.33. The molecule has 2 aromatic rings. The van der Waals surface area contributed by atoms with Crippen LogP contribution in [0.3, 0.4) is 0 Å². The first-order chi connectivity index (χ1) is 13.7. The Balaban J connectivity index is 2.28. The standard InChI is InChI=1S/C21H27FN2O4S/c1-5-24(6-2)29(26,27)18-11-12-20(22)19(14-18)21(25)23-15(4)16-9-8-10-17(13-16)28-7-3/h8-15H,5-7H2,1-4H3,(H,23,25). The number of benzene rings is 2. The maximum absolute atomic E-state index is 14.3. The number of hydrogen-bond acceptors (Lipinski definition) is 4. The van der Waals surface area contributed by atoms with E-state index in [-0.39, 0.29) is 23.5 Å². The van der Waals surface area contributed by atoms with Crippen LogP contribution in [0.25, 0.3) is 0 Å². The summed E-state index contributed by atoms with van der Waals surface area (Å²) in [4.78, 5) is 12.5. The van der Waals surface area contributed by atoms with Crippen LogP contribution in [-0.2, 0) is 10.0 Å². The van der Waals surface area contributed by atoms with E-state index in [0.29, 0.717) is 12.4 Å². The Kier molecular flexibility index (Phi) is 7.75. The van der Waals surface area contributed by atoms with Gasteiger partial charge >= 0.3 is 0 Å². The highest BCUT2D eigenvalue weighted by atomic mass is 32.2. The summed E-state index contributed by atoms with van der Waals surface area (Å²) in [6.45, 7) is 8.16. The summed E-state index contributed by atoms with van der Waals surface area (Å²) >= 11 is 0. The van der Waals surface area contributed by atoms with Gasteiger partial charge in [-0.2, -0.15) is 4.31 Å². The monoisotopic (exact) mass is 422 g/mol. The van der Waals surface area contributed by atoms with Crippen molar-refractivity contribution in [1.29, 1.82) is 0 Å². The second kappa shape index (κ2) is 9.84. The SMILES string of the molecule is CCOc1cccc(C(C)NC(=O)c2cc(S(=O)(=O)N(CC)CC)ccc2F)c1. The number of carbonyl (C=O) groups excluding carboxylic acids is 1. The van der Waals surface area contributed by atoms with E-state index in [1.54, 1.807) is 32.9 Å².